The van der Waals surface area contributed by atoms with E-state index in [1.807, 2.05) is 53.1 Å². The molecule has 0 unspecified atom stereocenters. The van der Waals surface area contributed by atoms with Gasteiger partial charge in [0, 0.05) is 12.1 Å². The summed E-state index contributed by atoms with van der Waals surface area (Å²) >= 11 is 1.29. The molecule has 8 nitrogen and oxygen atoms in total. The molecule has 0 atom stereocenters. The molecule has 0 aliphatic heterocycles. The van der Waals surface area contributed by atoms with Gasteiger partial charge in [-0.3, -0.25) is 14.7 Å². The fourth-order valence-electron chi connectivity index (χ4n) is 2.76. The molecule has 2 aromatic heterocycles. The first kappa shape index (κ1) is 18.9. The van der Waals surface area contributed by atoms with E-state index in [-0.39, 0.29) is 17.7 Å². The molecule has 9 heteroatoms. The van der Waals surface area contributed by atoms with Crippen molar-refractivity contribution in [3.05, 3.63) is 77.9 Å². The van der Waals surface area contributed by atoms with Gasteiger partial charge < -0.3 is 4.52 Å². The summed E-state index contributed by atoms with van der Waals surface area (Å²) in [4.78, 5) is 16.2. The third-order valence-electron chi connectivity index (χ3n) is 4.03. The van der Waals surface area contributed by atoms with Crippen molar-refractivity contribution in [3.8, 4) is 5.69 Å². The fraction of sp³-hybridized carbons (Fsp3) is 0.150. The second-order valence-corrected chi connectivity index (χ2v) is 7.16. The van der Waals surface area contributed by atoms with Crippen LogP contribution in [0, 0.1) is 6.92 Å². The highest BCUT2D eigenvalue weighted by molar-refractivity contribution is 7.99. The lowest BCUT2D eigenvalue weighted by molar-refractivity contribution is -0.114. The highest BCUT2D eigenvalue weighted by Gasteiger charge is 2.17. The Morgan fingerprint density at radius 3 is 2.48 bits per heavy atom. The van der Waals surface area contributed by atoms with Crippen LogP contribution in [-0.4, -0.2) is 36.6 Å². The zero-order valence-electron chi connectivity index (χ0n) is 15.6. The SMILES string of the molecule is Cc1noc(NC(=O)CSc2nnc(Cc3ccccc3)n2-c2ccccc2)n1. The summed E-state index contributed by atoms with van der Waals surface area (Å²) < 4.78 is 6.89. The number of thioether (sulfide) groups is 1. The van der Waals surface area contributed by atoms with Crippen LogP contribution in [0.2, 0.25) is 0 Å². The number of benzene rings is 2. The number of rotatable bonds is 7. The first-order valence-corrected chi connectivity index (χ1v) is 9.94. The fourth-order valence-corrected chi connectivity index (χ4v) is 3.53. The number of nitrogens with one attached hydrogen (secondary N) is 1. The molecule has 146 valence electrons. The molecule has 0 aliphatic carbocycles. The summed E-state index contributed by atoms with van der Waals surface area (Å²) in [6.45, 7) is 1.69. The van der Waals surface area contributed by atoms with E-state index >= 15 is 0 Å². The molecule has 0 saturated carbocycles. The maximum absolute atomic E-state index is 12.2. The van der Waals surface area contributed by atoms with E-state index in [0.29, 0.717) is 17.4 Å². The first-order valence-electron chi connectivity index (χ1n) is 8.95. The van der Waals surface area contributed by atoms with Gasteiger partial charge in [-0.05, 0) is 24.6 Å². The van der Waals surface area contributed by atoms with E-state index in [4.69, 9.17) is 4.52 Å². The average Bonchev–Trinajstić information content (AvgIpc) is 3.33. The number of aryl methyl sites for hydroxylation is 1. The van der Waals surface area contributed by atoms with Crippen LogP contribution in [0.25, 0.3) is 5.69 Å². The molecule has 0 radical (unpaired) electrons. The molecule has 4 aromatic rings. The second kappa shape index (κ2) is 8.70. The number of carbonyl (C=O) groups is 1. The number of amides is 1. The van der Waals surface area contributed by atoms with Crippen LogP contribution in [0.1, 0.15) is 17.2 Å². The standard InChI is InChI=1S/C20H18N6O2S/c1-14-21-19(28-25-14)22-18(27)13-29-20-24-23-17(12-15-8-4-2-5-9-15)26(20)16-10-6-3-7-11-16/h2-11H,12-13H2,1H3,(H,21,22,25,27). The minimum absolute atomic E-state index is 0.0855. The van der Waals surface area contributed by atoms with Gasteiger partial charge in [0.25, 0.3) is 0 Å². The lowest BCUT2D eigenvalue weighted by Crippen LogP contribution is -2.15. The van der Waals surface area contributed by atoms with E-state index in [2.05, 4.69) is 37.8 Å². The number of anilines is 1. The van der Waals surface area contributed by atoms with Gasteiger partial charge in [-0.15, -0.1) is 10.2 Å². The maximum atomic E-state index is 12.2. The van der Waals surface area contributed by atoms with Gasteiger partial charge in [0.2, 0.25) is 5.91 Å². The summed E-state index contributed by atoms with van der Waals surface area (Å²) in [5.74, 6) is 1.14. The molecule has 0 fully saturated rings. The minimum Gasteiger partial charge on any atom is -0.315 e. The number of para-hydroxylation sites is 1. The van der Waals surface area contributed by atoms with E-state index in [1.54, 1.807) is 6.92 Å². The predicted octanol–water partition coefficient (Wildman–Crippen LogP) is 3.28. The summed E-state index contributed by atoms with van der Waals surface area (Å²) in [7, 11) is 0. The highest BCUT2D eigenvalue weighted by Crippen LogP contribution is 2.23. The topological polar surface area (TPSA) is 98.7 Å². The van der Waals surface area contributed by atoms with Crippen LogP contribution in [0.5, 0.6) is 0 Å². The molecule has 29 heavy (non-hydrogen) atoms. The van der Waals surface area contributed by atoms with Crippen molar-refractivity contribution in [2.45, 2.75) is 18.5 Å². The van der Waals surface area contributed by atoms with Gasteiger partial charge in [0.1, 0.15) is 5.82 Å². The van der Waals surface area contributed by atoms with Crippen molar-refractivity contribution in [1.29, 1.82) is 0 Å². The monoisotopic (exact) mass is 406 g/mol. The number of aromatic nitrogens is 5. The Morgan fingerprint density at radius 1 is 1.07 bits per heavy atom. The summed E-state index contributed by atoms with van der Waals surface area (Å²) in [5, 5.41) is 15.6. The van der Waals surface area contributed by atoms with Crippen molar-refractivity contribution in [2.75, 3.05) is 11.1 Å². The highest BCUT2D eigenvalue weighted by atomic mass is 32.2. The Hall–Kier alpha value is -3.46. The molecular formula is C20H18N6O2S. The summed E-state index contributed by atoms with van der Waals surface area (Å²) in [5.41, 5.74) is 2.08. The zero-order valence-corrected chi connectivity index (χ0v) is 16.5. The molecule has 1 N–H and O–H groups in total. The zero-order chi connectivity index (χ0) is 20.1. The summed E-state index contributed by atoms with van der Waals surface area (Å²) in [6.07, 6.45) is 0.636. The Bertz CT molecular complexity index is 1090. The van der Waals surface area contributed by atoms with Crippen molar-refractivity contribution in [2.24, 2.45) is 0 Å². The van der Waals surface area contributed by atoms with Gasteiger partial charge >= 0.3 is 6.01 Å². The minimum atomic E-state index is -0.258. The lowest BCUT2D eigenvalue weighted by atomic mass is 10.1. The van der Waals surface area contributed by atoms with Crippen LogP contribution >= 0.6 is 11.8 Å². The summed E-state index contributed by atoms with van der Waals surface area (Å²) in [6, 6.07) is 20.0. The van der Waals surface area contributed by atoms with Crippen LogP contribution in [0.15, 0.2) is 70.3 Å². The second-order valence-electron chi connectivity index (χ2n) is 6.22. The molecule has 0 spiro atoms. The predicted molar refractivity (Wildman–Crippen MR) is 109 cm³/mol. The van der Waals surface area contributed by atoms with Gasteiger partial charge in [0.15, 0.2) is 11.0 Å². The molecular weight excluding hydrogens is 388 g/mol. The van der Waals surface area contributed by atoms with Crippen LogP contribution in [0.4, 0.5) is 6.01 Å². The Balaban J connectivity index is 1.54. The van der Waals surface area contributed by atoms with Gasteiger partial charge in [0.05, 0.1) is 5.75 Å². The smallest absolute Gasteiger partial charge is 0.315 e. The third kappa shape index (κ3) is 4.69. The maximum Gasteiger partial charge on any atom is 0.328 e. The number of nitrogens with zero attached hydrogens (tertiary/aromatic N) is 5. The molecule has 0 aliphatic rings. The first-order chi connectivity index (χ1) is 14.2. The largest absolute Gasteiger partial charge is 0.328 e. The van der Waals surface area contributed by atoms with Gasteiger partial charge in [-0.1, -0.05) is 65.4 Å². The van der Waals surface area contributed by atoms with Crippen LogP contribution < -0.4 is 5.32 Å². The average molecular weight is 406 g/mol. The third-order valence-corrected chi connectivity index (χ3v) is 4.96. The molecule has 0 bridgehead atoms. The van der Waals surface area contributed by atoms with E-state index in [1.165, 1.54) is 11.8 Å². The van der Waals surface area contributed by atoms with Gasteiger partial charge in [-0.2, -0.15) is 4.98 Å². The van der Waals surface area contributed by atoms with E-state index < -0.39 is 0 Å². The van der Waals surface area contributed by atoms with Crippen LogP contribution in [0.3, 0.4) is 0 Å². The lowest BCUT2D eigenvalue weighted by Gasteiger charge is -2.10. The van der Waals surface area contributed by atoms with Crippen LogP contribution in [-0.2, 0) is 11.2 Å². The van der Waals surface area contributed by atoms with Crippen molar-refractivity contribution < 1.29 is 9.32 Å². The van der Waals surface area contributed by atoms with Crippen molar-refractivity contribution in [3.63, 3.8) is 0 Å². The molecule has 4 rings (SSSR count). The Labute approximate surface area is 171 Å². The van der Waals surface area contributed by atoms with Gasteiger partial charge in [-0.25, -0.2) is 0 Å². The quantitative estimate of drug-likeness (QED) is 0.470. The van der Waals surface area contributed by atoms with Crippen molar-refractivity contribution >= 4 is 23.7 Å². The number of hydrogen-bond donors (Lipinski definition) is 1. The molecule has 0 saturated heterocycles. The Kier molecular flexibility index (Phi) is 5.66. The normalized spacial score (nSPS) is 10.8. The number of carbonyl (C=O) groups excluding carboxylic acids is 1. The molecule has 2 aromatic carbocycles. The van der Waals surface area contributed by atoms with E-state index in [0.717, 1.165) is 17.1 Å². The molecule has 1 amide bonds. The number of hydrogen-bond acceptors (Lipinski definition) is 7. The van der Waals surface area contributed by atoms with E-state index in [9.17, 15) is 4.79 Å². The Morgan fingerprint density at radius 2 is 1.79 bits per heavy atom. The molecule has 2 heterocycles. The van der Waals surface area contributed by atoms with Crippen molar-refractivity contribution in [1.82, 2.24) is 24.9 Å².